The first-order chi connectivity index (χ1) is 6.66. The second-order valence-corrected chi connectivity index (χ2v) is 2.80. The van der Waals surface area contributed by atoms with Crippen molar-refractivity contribution in [2.45, 2.75) is 6.92 Å². The molecule has 0 aliphatic carbocycles. The number of phenolic OH excluding ortho intramolecular Hbond substituents is 1. The number of amides is 1. The van der Waals surface area contributed by atoms with Gasteiger partial charge in [0.05, 0.1) is 12.2 Å². The molecule has 0 aliphatic heterocycles. The Morgan fingerprint density at radius 3 is 2.71 bits per heavy atom. The summed E-state index contributed by atoms with van der Waals surface area (Å²) in [4.78, 5) is 12.5. The van der Waals surface area contributed by atoms with Crippen molar-refractivity contribution in [1.29, 1.82) is 0 Å². The van der Waals surface area contributed by atoms with Crippen LogP contribution in [-0.2, 0) is 4.79 Å². The van der Waals surface area contributed by atoms with Gasteiger partial charge in [0.25, 0.3) is 0 Å². The number of benzene rings is 1. The molecule has 1 aromatic rings. The molecule has 0 radical (unpaired) electrons. The molecule has 0 spiro atoms. The summed E-state index contributed by atoms with van der Waals surface area (Å²) in [6.45, 7) is 1.57. The molecule has 72 valence electrons. The van der Waals surface area contributed by atoms with Crippen molar-refractivity contribution in [2.24, 2.45) is 0 Å². The van der Waals surface area contributed by atoms with E-state index in [9.17, 15) is 9.90 Å². The molecule has 1 N–H and O–H groups in total. The van der Waals surface area contributed by atoms with Gasteiger partial charge in [-0.25, -0.2) is 0 Å². The van der Waals surface area contributed by atoms with E-state index in [1.54, 1.807) is 18.2 Å². The highest BCUT2D eigenvalue weighted by atomic mass is 16.3. The van der Waals surface area contributed by atoms with Crippen molar-refractivity contribution in [3.63, 3.8) is 0 Å². The third kappa shape index (κ3) is 2.05. The van der Waals surface area contributed by atoms with E-state index < -0.39 is 0 Å². The number of para-hydroxylation sites is 2. The summed E-state index contributed by atoms with van der Waals surface area (Å²) in [5.41, 5.74) is 0.443. The van der Waals surface area contributed by atoms with E-state index in [0.29, 0.717) is 5.69 Å². The van der Waals surface area contributed by atoms with Crippen molar-refractivity contribution in [2.75, 3.05) is 11.4 Å². The second-order valence-electron chi connectivity index (χ2n) is 2.80. The summed E-state index contributed by atoms with van der Waals surface area (Å²) in [6, 6.07) is 6.59. The number of carbonyl (C=O) groups is 1. The lowest BCUT2D eigenvalue weighted by atomic mass is 10.2. The summed E-state index contributed by atoms with van der Waals surface area (Å²) in [5, 5.41) is 9.49. The standard InChI is InChI=1S/C11H11NO2/c1-3-8-12(9(2)13)10-6-4-5-7-11(10)14/h1,4-7,14H,8H2,2H3. The van der Waals surface area contributed by atoms with Gasteiger partial charge in [0.2, 0.25) is 5.91 Å². The van der Waals surface area contributed by atoms with Crippen LogP contribution in [0.2, 0.25) is 0 Å². The van der Waals surface area contributed by atoms with Gasteiger partial charge in [0, 0.05) is 6.92 Å². The van der Waals surface area contributed by atoms with Crippen LogP contribution in [0.5, 0.6) is 5.75 Å². The highest BCUT2D eigenvalue weighted by molar-refractivity contribution is 5.93. The van der Waals surface area contributed by atoms with Crippen molar-refractivity contribution < 1.29 is 9.90 Å². The van der Waals surface area contributed by atoms with Crippen LogP contribution in [0, 0.1) is 12.3 Å². The molecule has 1 amide bonds. The molecule has 3 heteroatoms. The molecule has 14 heavy (non-hydrogen) atoms. The van der Waals surface area contributed by atoms with Gasteiger partial charge in [-0.3, -0.25) is 9.69 Å². The van der Waals surface area contributed by atoms with E-state index in [1.165, 1.54) is 17.9 Å². The molecule has 0 atom stereocenters. The predicted octanol–water partition coefficient (Wildman–Crippen LogP) is 1.38. The third-order valence-corrected chi connectivity index (χ3v) is 1.80. The van der Waals surface area contributed by atoms with Gasteiger partial charge >= 0.3 is 0 Å². The fourth-order valence-electron chi connectivity index (χ4n) is 1.15. The minimum Gasteiger partial charge on any atom is -0.506 e. The number of terminal acetylenes is 1. The Balaban J connectivity index is 3.06. The lowest BCUT2D eigenvalue weighted by Gasteiger charge is -2.19. The predicted molar refractivity (Wildman–Crippen MR) is 55.0 cm³/mol. The average molecular weight is 189 g/mol. The van der Waals surface area contributed by atoms with Crippen LogP contribution in [-0.4, -0.2) is 17.6 Å². The lowest BCUT2D eigenvalue weighted by molar-refractivity contribution is -0.116. The molecule has 1 rings (SSSR count). The normalized spacial score (nSPS) is 9.14. The van der Waals surface area contributed by atoms with Crippen molar-refractivity contribution in [3.05, 3.63) is 24.3 Å². The van der Waals surface area contributed by atoms with E-state index in [4.69, 9.17) is 6.42 Å². The molecule has 0 fully saturated rings. The Morgan fingerprint density at radius 1 is 1.57 bits per heavy atom. The Kier molecular flexibility index (Phi) is 3.14. The fourth-order valence-corrected chi connectivity index (χ4v) is 1.15. The quantitative estimate of drug-likeness (QED) is 0.714. The minimum absolute atomic E-state index is 0.0537. The summed E-state index contributed by atoms with van der Waals surface area (Å²) >= 11 is 0. The molecule has 0 aromatic heterocycles. The first-order valence-corrected chi connectivity index (χ1v) is 4.16. The number of nitrogens with zero attached hydrogens (tertiary/aromatic N) is 1. The maximum atomic E-state index is 11.2. The van der Waals surface area contributed by atoms with Crippen molar-refractivity contribution in [3.8, 4) is 18.1 Å². The van der Waals surface area contributed by atoms with E-state index in [2.05, 4.69) is 5.92 Å². The number of phenols is 1. The van der Waals surface area contributed by atoms with E-state index in [-0.39, 0.29) is 18.2 Å². The molecule has 0 saturated carbocycles. The summed E-state index contributed by atoms with van der Waals surface area (Å²) < 4.78 is 0. The van der Waals surface area contributed by atoms with Gasteiger partial charge in [-0.05, 0) is 12.1 Å². The largest absolute Gasteiger partial charge is 0.506 e. The van der Waals surface area contributed by atoms with Crippen LogP contribution < -0.4 is 4.90 Å². The number of hydrogen-bond acceptors (Lipinski definition) is 2. The molecule has 0 unspecified atom stereocenters. The highest BCUT2D eigenvalue weighted by Crippen LogP contribution is 2.25. The Bertz CT molecular complexity index is 379. The third-order valence-electron chi connectivity index (χ3n) is 1.80. The van der Waals surface area contributed by atoms with Gasteiger partial charge in [-0.1, -0.05) is 18.1 Å². The molecule has 0 saturated heterocycles. The lowest BCUT2D eigenvalue weighted by Crippen LogP contribution is -2.28. The molecule has 3 nitrogen and oxygen atoms in total. The SMILES string of the molecule is C#CCN(C(C)=O)c1ccccc1O. The van der Waals surface area contributed by atoms with Gasteiger partial charge in [0.15, 0.2) is 0 Å². The van der Waals surface area contributed by atoms with Gasteiger partial charge in [-0.2, -0.15) is 0 Å². The van der Waals surface area contributed by atoms with Crippen LogP contribution in [0.4, 0.5) is 5.69 Å². The van der Waals surface area contributed by atoms with Gasteiger partial charge in [-0.15, -0.1) is 6.42 Å². The van der Waals surface area contributed by atoms with Crippen LogP contribution in [0.25, 0.3) is 0 Å². The maximum Gasteiger partial charge on any atom is 0.224 e. The fraction of sp³-hybridized carbons (Fsp3) is 0.182. The highest BCUT2D eigenvalue weighted by Gasteiger charge is 2.12. The summed E-state index contributed by atoms with van der Waals surface area (Å²) in [5.74, 6) is 2.23. The first-order valence-electron chi connectivity index (χ1n) is 4.16. The van der Waals surface area contributed by atoms with Gasteiger partial charge in [0.1, 0.15) is 5.75 Å². The van der Waals surface area contributed by atoms with E-state index in [0.717, 1.165) is 0 Å². The van der Waals surface area contributed by atoms with Gasteiger partial charge < -0.3 is 5.11 Å². The van der Waals surface area contributed by atoms with Crippen LogP contribution in [0.15, 0.2) is 24.3 Å². The molecule has 1 aromatic carbocycles. The summed E-state index contributed by atoms with van der Waals surface area (Å²) in [6.07, 6.45) is 5.13. The van der Waals surface area contributed by atoms with Crippen molar-refractivity contribution >= 4 is 11.6 Å². The smallest absolute Gasteiger partial charge is 0.224 e. The molecular weight excluding hydrogens is 178 g/mol. The maximum absolute atomic E-state index is 11.2. The Labute approximate surface area is 83.0 Å². The molecule has 0 bridgehead atoms. The van der Waals surface area contributed by atoms with E-state index in [1.807, 2.05) is 0 Å². The second kappa shape index (κ2) is 4.33. The number of anilines is 1. The zero-order chi connectivity index (χ0) is 10.6. The van der Waals surface area contributed by atoms with Crippen LogP contribution >= 0.6 is 0 Å². The zero-order valence-electron chi connectivity index (χ0n) is 7.90. The number of hydrogen-bond donors (Lipinski definition) is 1. The van der Waals surface area contributed by atoms with E-state index >= 15 is 0 Å². The van der Waals surface area contributed by atoms with Crippen LogP contribution in [0.1, 0.15) is 6.92 Å². The monoisotopic (exact) mass is 189 g/mol. The molecule has 0 heterocycles. The van der Waals surface area contributed by atoms with Crippen molar-refractivity contribution in [1.82, 2.24) is 0 Å². The topological polar surface area (TPSA) is 40.5 Å². The number of carbonyl (C=O) groups excluding carboxylic acids is 1. The average Bonchev–Trinajstić information content (AvgIpc) is 2.15. The molecular formula is C11H11NO2. The summed E-state index contributed by atoms with van der Waals surface area (Å²) in [7, 11) is 0. The number of aromatic hydroxyl groups is 1. The molecule has 0 aliphatic rings. The Hall–Kier alpha value is -1.95. The first kappa shape index (κ1) is 10.1. The minimum atomic E-state index is -0.190. The Morgan fingerprint density at radius 2 is 2.21 bits per heavy atom. The zero-order valence-corrected chi connectivity index (χ0v) is 7.90. The number of rotatable bonds is 2. The van der Waals surface area contributed by atoms with Crippen LogP contribution in [0.3, 0.4) is 0 Å².